The molecule has 0 amide bonds. The number of hydrogen-bond donors (Lipinski definition) is 6. The van der Waals surface area contributed by atoms with Gasteiger partial charge in [-0.2, -0.15) is 0 Å². The van der Waals surface area contributed by atoms with Crippen LogP contribution in [-0.4, -0.2) is 64.9 Å². The van der Waals surface area contributed by atoms with E-state index in [-0.39, 0.29) is 42.4 Å². The number of aliphatic hydroxyl groups is 1. The van der Waals surface area contributed by atoms with Gasteiger partial charge in [0.25, 0.3) is 0 Å². The van der Waals surface area contributed by atoms with Gasteiger partial charge in [0, 0.05) is 37.8 Å². The lowest BCUT2D eigenvalue weighted by Crippen LogP contribution is -2.54. The number of aromatic amines is 1. The van der Waals surface area contributed by atoms with E-state index in [0.717, 1.165) is 86.3 Å². The monoisotopic (exact) mass is 733 g/mol. The first kappa shape index (κ1) is 37.6. The highest BCUT2D eigenvalue weighted by Crippen LogP contribution is 2.62. The highest BCUT2D eigenvalue weighted by Gasteiger charge is 2.54. The lowest BCUT2D eigenvalue weighted by molar-refractivity contribution is -0.131. The van der Waals surface area contributed by atoms with Gasteiger partial charge in [-0.05, 0) is 126 Å². The minimum Gasteiger partial charge on any atom is -0.478 e. The number of nitrogens with one attached hydrogen (secondary N) is 3. The summed E-state index contributed by atoms with van der Waals surface area (Å²) in [7, 11) is 0. The molecule has 10 nitrogen and oxygen atoms in total. The summed E-state index contributed by atoms with van der Waals surface area (Å²) in [6, 6.07) is 14.6. The average molecular weight is 734 g/mol. The number of hydrogen-bond acceptors (Lipinski definition) is 8. The molecule has 9 atom stereocenters. The van der Waals surface area contributed by atoms with Crippen molar-refractivity contribution in [3.05, 3.63) is 89.2 Å². The molecule has 10 heteroatoms. The molecule has 1 aliphatic heterocycles. The van der Waals surface area contributed by atoms with Crippen molar-refractivity contribution in [2.45, 2.75) is 94.5 Å². The molecule has 54 heavy (non-hydrogen) atoms. The van der Waals surface area contributed by atoms with Gasteiger partial charge >= 0.3 is 5.97 Å². The number of carbonyl (C=O) groups excluding carboxylic acids is 2. The largest absolute Gasteiger partial charge is 0.478 e. The maximum absolute atomic E-state index is 12.6. The predicted octanol–water partition coefficient (Wildman–Crippen LogP) is 6.62. The Balaban J connectivity index is 1.27. The minimum absolute atomic E-state index is 0.00690. The summed E-state index contributed by atoms with van der Waals surface area (Å²) < 4.78 is 0. The number of carboxylic acids is 1. The molecule has 4 aliphatic rings. The fourth-order valence-corrected chi connectivity index (χ4v) is 10.5. The number of carboxylic acid groups (broad SMARTS) is 1. The maximum atomic E-state index is 12.6. The van der Waals surface area contributed by atoms with E-state index in [2.05, 4.69) is 63.1 Å². The summed E-state index contributed by atoms with van der Waals surface area (Å²) in [5.41, 5.74) is 10.9. The maximum Gasteiger partial charge on any atom is 0.328 e. The zero-order valence-corrected chi connectivity index (χ0v) is 31.0. The van der Waals surface area contributed by atoms with Gasteiger partial charge in [-0.1, -0.05) is 61.7 Å². The van der Waals surface area contributed by atoms with E-state index < -0.39 is 5.97 Å². The van der Waals surface area contributed by atoms with Gasteiger partial charge < -0.3 is 41.2 Å². The molecule has 9 unspecified atom stereocenters. The first-order valence-corrected chi connectivity index (χ1v) is 20.0. The Kier molecular flexibility index (Phi) is 12.0. The molecule has 3 aromatic rings. The smallest absolute Gasteiger partial charge is 0.328 e. The number of aliphatic imine (C=N–C) groups is 1. The number of carbonyl (C=O) groups is 3. The van der Waals surface area contributed by atoms with Crippen LogP contribution in [-0.2, 0) is 20.8 Å². The second-order valence-corrected chi connectivity index (χ2v) is 16.0. The van der Waals surface area contributed by atoms with Crippen LogP contribution in [0.2, 0.25) is 0 Å². The van der Waals surface area contributed by atoms with Crippen molar-refractivity contribution in [2.24, 2.45) is 40.3 Å². The standard InChI is InChI=1S/C44H55N5O5/c45-44-47-19-16-38(48-44)37(25-40(53)54)43(49-39-9-4-18-46-39)34-15-14-32-33-13-12-29(8-3-1-2-6-28(26-52)7-5-20-50)41(42(33)34)36-24-31-22-27(17-21-51)10-11-30(31)23-35(32)36/h4,9-13,18,21-26,28-29,32-34,38,41-43,46,49-50H,1-3,5-8,14-17,19-20H2,(H,53,54)(H3,45,47,48). The van der Waals surface area contributed by atoms with Gasteiger partial charge in [-0.25, -0.2) is 4.79 Å². The van der Waals surface area contributed by atoms with Crippen molar-refractivity contribution < 1.29 is 24.6 Å². The van der Waals surface area contributed by atoms with Gasteiger partial charge in [0.05, 0.1) is 12.1 Å². The van der Waals surface area contributed by atoms with Crippen LogP contribution in [0.15, 0.2) is 77.5 Å². The van der Waals surface area contributed by atoms with Crippen LogP contribution in [0.4, 0.5) is 5.82 Å². The van der Waals surface area contributed by atoms with E-state index in [1.807, 2.05) is 18.3 Å². The third-order valence-electron chi connectivity index (χ3n) is 12.8. The lowest BCUT2D eigenvalue weighted by atomic mass is 9.48. The van der Waals surface area contributed by atoms with Crippen molar-refractivity contribution in [3.8, 4) is 0 Å². The van der Waals surface area contributed by atoms with Crippen LogP contribution in [0.1, 0.15) is 92.7 Å². The minimum atomic E-state index is -0.974. The average Bonchev–Trinajstić information content (AvgIpc) is 3.69. The molecule has 2 heterocycles. The first-order chi connectivity index (χ1) is 26.4. The topological polar surface area (TPSA) is 170 Å². The molecular weight excluding hydrogens is 679 g/mol. The highest BCUT2D eigenvalue weighted by molar-refractivity contribution is 5.86. The number of benzene rings is 2. The van der Waals surface area contributed by atoms with E-state index in [9.17, 15) is 24.6 Å². The Labute approximate surface area is 317 Å². The van der Waals surface area contributed by atoms with Crippen LogP contribution >= 0.6 is 0 Å². The summed E-state index contributed by atoms with van der Waals surface area (Å²) in [6.45, 7) is 0.650. The SMILES string of the molecule is NC1=NCCC(C(=CC(=O)O)C(Nc2ccc[nH]2)C2CCC3c4cc5ccc(CC=O)cc5cc4C4C(CCCCCC(C=O)CCCO)C=CC3C24)N1. The Hall–Kier alpha value is -4.70. The first-order valence-electron chi connectivity index (χ1n) is 20.0. The predicted molar refractivity (Wildman–Crippen MR) is 212 cm³/mol. The molecule has 1 fully saturated rings. The molecule has 286 valence electrons. The summed E-state index contributed by atoms with van der Waals surface area (Å²) in [4.78, 5) is 43.4. The molecule has 0 saturated heterocycles. The Morgan fingerprint density at radius 2 is 1.85 bits per heavy atom. The number of fused-ring (bicyclic) bond motifs is 4. The van der Waals surface area contributed by atoms with Gasteiger partial charge in [0.15, 0.2) is 5.96 Å². The molecule has 3 aliphatic carbocycles. The number of anilines is 1. The summed E-state index contributed by atoms with van der Waals surface area (Å²) >= 11 is 0. The number of nitrogens with two attached hydrogens (primary N) is 1. The van der Waals surface area contributed by atoms with Crippen LogP contribution in [0.3, 0.4) is 0 Å². The van der Waals surface area contributed by atoms with E-state index in [1.165, 1.54) is 22.6 Å². The normalized spacial score (nSPS) is 26.9. The summed E-state index contributed by atoms with van der Waals surface area (Å²) in [5, 5.41) is 29.0. The Morgan fingerprint density at radius 3 is 2.61 bits per heavy atom. The quantitative estimate of drug-likeness (QED) is 0.0367. The number of nitrogens with zero attached hydrogens (tertiary/aromatic N) is 1. The van der Waals surface area contributed by atoms with E-state index in [0.29, 0.717) is 49.5 Å². The second kappa shape index (κ2) is 17.2. The Bertz CT molecular complexity index is 1880. The van der Waals surface area contributed by atoms with Crippen LogP contribution < -0.4 is 16.4 Å². The molecule has 0 radical (unpaired) electrons. The number of allylic oxidation sites excluding steroid dienone is 2. The van der Waals surface area contributed by atoms with Gasteiger partial charge in [0.1, 0.15) is 18.4 Å². The number of guanidine groups is 1. The fourth-order valence-electron chi connectivity index (χ4n) is 10.5. The zero-order valence-electron chi connectivity index (χ0n) is 31.0. The van der Waals surface area contributed by atoms with Gasteiger partial charge in [-0.15, -0.1) is 0 Å². The number of aldehydes is 2. The number of unbranched alkanes of at least 4 members (excludes halogenated alkanes) is 2. The van der Waals surface area contributed by atoms with E-state index >= 15 is 0 Å². The number of aromatic nitrogens is 1. The summed E-state index contributed by atoms with van der Waals surface area (Å²) in [6.07, 6.45) is 19.6. The number of rotatable bonds is 18. The van der Waals surface area contributed by atoms with Gasteiger partial charge in [0.2, 0.25) is 0 Å². The number of aliphatic carboxylic acids is 1. The van der Waals surface area contributed by atoms with Crippen LogP contribution in [0.25, 0.3) is 10.8 Å². The van der Waals surface area contributed by atoms with Crippen molar-refractivity contribution in [1.29, 1.82) is 0 Å². The van der Waals surface area contributed by atoms with E-state index in [1.54, 1.807) is 0 Å². The van der Waals surface area contributed by atoms with Crippen molar-refractivity contribution in [3.63, 3.8) is 0 Å². The Morgan fingerprint density at radius 1 is 1.00 bits per heavy atom. The molecule has 7 N–H and O–H groups in total. The molecule has 2 aromatic carbocycles. The van der Waals surface area contributed by atoms with E-state index in [4.69, 9.17) is 5.73 Å². The number of H-pyrrole nitrogens is 1. The highest BCUT2D eigenvalue weighted by atomic mass is 16.4. The van der Waals surface area contributed by atoms with Crippen molar-refractivity contribution in [2.75, 3.05) is 18.5 Å². The van der Waals surface area contributed by atoms with Crippen LogP contribution in [0, 0.1) is 29.6 Å². The number of aliphatic hydroxyl groups excluding tert-OH is 1. The van der Waals surface area contributed by atoms with Crippen molar-refractivity contribution in [1.82, 2.24) is 10.3 Å². The third kappa shape index (κ3) is 8.04. The molecule has 7 rings (SSSR count). The van der Waals surface area contributed by atoms with Crippen molar-refractivity contribution >= 4 is 41.1 Å². The van der Waals surface area contributed by atoms with Crippen LogP contribution in [0.5, 0.6) is 0 Å². The van der Waals surface area contributed by atoms with Gasteiger partial charge in [-0.3, -0.25) is 4.99 Å². The molecular formula is C44H55N5O5. The lowest BCUT2D eigenvalue weighted by Gasteiger charge is -2.57. The second-order valence-electron chi connectivity index (χ2n) is 16.0. The molecule has 1 saturated carbocycles. The molecule has 0 spiro atoms. The molecule has 4 bridgehead atoms. The zero-order chi connectivity index (χ0) is 37.6. The molecule has 1 aromatic heterocycles. The summed E-state index contributed by atoms with van der Waals surface area (Å²) in [5.74, 6) is 1.82. The fraction of sp³-hybridized carbons (Fsp3) is 0.500. The third-order valence-corrected chi connectivity index (χ3v) is 12.8.